The molecule has 0 spiro atoms. The second kappa shape index (κ2) is 8.96. The number of hydrazine groups is 1. The van der Waals surface area contributed by atoms with Crippen LogP contribution in [0.3, 0.4) is 0 Å². The molecule has 8 nitrogen and oxygen atoms in total. The van der Waals surface area contributed by atoms with Crippen molar-refractivity contribution < 1.29 is 28.3 Å². The molecule has 3 amide bonds. The van der Waals surface area contributed by atoms with Gasteiger partial charge in [0.2, 0.25) is 5.91 Å². The number of nitrogens with one attached hydrogen (secondary N) is 2. The molecule has 3 rings (SSSR count). The van der Waals surface area contributed by atoms with Gasteiger partial charge in [0.1, 0.15) is 5.82 Å². The van der Waals surface area contributed by atoms with Gasteiger partial charge in [0, 0.05) is 18.5 Å². The van der Waals surface area contributed by atoms with Crippen LogP contribution in [0.1, 0.15) is 16.8 Å². The largest absolute Gasteiger partial charge is 0.455 e. The Kier molecular flexibility index (Phi) is 6.18. The summed E-state index contributed by atoms with van der Waals surface area (Å²) in [6.45, 7) is -0.663. The number of amides is 3. The normalized spacial score (nSPS) is 15.7. The minimum absolute atomic E-state index is 0.0367. The fourth-order valence-corrected chi connectivity index (χ4v) is 2.85. The summed E-state index contributed by atoms with van der Waals surface area (Å²) in [6, 6.07) is 14.0. The smallest absolute Gasteiger partial charge is 0.311 e. The quantitative estimate of drug-likeness (QED) is 0.580. The van der Waals surface area contributed by atoms with E-state index in [1.54, 1.807) is 36.4 Å². The number of rotatable bonds is 5. The van der Waals surface area contributed by atoms with Crippen molar-refractivity contribution in [3.63, 3.8) is 0 Å². The molecule has 0 aromatic heterocycles. The van der Waals surface area contributed by atoms with E-state index in [9.17, 15) is 23.6 Å². The SMILES string of the molecule is O=C(COC(=O)[C@H]1CC(=O)N(c2ccccc2F)C1)NNC(=O)c1ccccc1. The molecule has 1 heterocycles. The molecule has 29 heavy (non-hydrogen) atoms. The van der Waals surface area contributed by atoms with Gasteiger partial charge in [0.25, 0.3) is 11.8 Å². The van der Waals surface area contributed by atoms with E-state index in [2.05, 4.69) is 10.9 Å². The molecule has 0 unspecified atom stereocenters. The highest BCUT2D eigenvalue weighted by Gasteiger charge is 2.37. The number of halogens is 1. The van der Waals surface area contributed by atoms with Gasteiger partial charge < -0.3 is 9.64 Å². The number of nitrogens with zero attached hydrogens (tertiary/aromatic N) is 1. The number of hydrogen-bond donors (Lipinski definition) is 2. The van der Waals surface area contributed by atoms with Crippen molar-refractivity contribution >= 4 is 29.4 Å². The van der Waals surface area contributed by atoms with Crippen LogP contribution in [-0.2, 0) is 19.1 Å². The molecule has 2 aromatic carbocycles. The maximum atomic E-state index is 13.9. The second-order valence-electron chi connectivity index (χ2n) is 6.33. The van der Waals surface area contributed by atoms with Crippen LogP contribution in [-0.4, -0.2) is 36.8 Å². The summed E-state index contributed by atoms with van der Waals surface area (Å²) in [4.78, 5) is 49.0. The Balaban J connectivity index is 1.46. The minimum atomic E-state index is -0.811. The fourth-order valence-electron chi connectivity index (χ4n) is 2.85. The molecule has 1 fully saturated rings. The molecular formula is C20H18FN3O5. The van der Waals surface area contributed by atoms with E-state index < -0.39 is 42.0 Å². The highest BCUT2D eigenvalue weighted by molar-refractivity contribution is 6.00. The summed E-state index contributed by atoms with van der Waals surface area (Å²) >= 11 is 0. The highest BCUT2D eigenvalue weighted by Crippen LogP contribution is 2.27. The predicted molar refractivity (Wildman–Crippen MR) is 99.9 cm³/mol. The van der Waals surface area contributed by atoms with E-state index >= 15 is 0 Å². The number of benzene rings is 2. The molecule has 150 valence electrons. The zero-order chi connectivity index (χ0) is 20.8. The maximum absolute atomic E-state index is 13.9. The van der Waals surface area contributed by atoms with Gasteiger partial charge in [0.05, 0.1) is 11.6 Å². The Morgan fingerprint density at radius 1 is 1.03 bits per heavy atom. The molecule has 0 bridgehead atoms. The van der Waals surface area contributed by atoms with Gasteiger partial charge in [0.15, 0.2) is 6.61 Å². The Labute approximate surface area is 165 Å². The summed E-state index contributed by atoms with van der Waals surface area (Å²) in [6.07, 6.45) is -0.139. The molecule has 2 aromatic rings. The van der Waals surface area contributed by atoms with Crippen LogP contribution in [0.5, 0.6) is 0 Å². The van der Waals surface area contributed by atoms with E-state index in [1.165, 1.54) is 23.1 Å². The number of ether oxygens (including phenoxy) is 1. The zero-order valence-corrected chi connectivity index (χ0v) is 15.3. The third kappa shape index (κ3) is 4.95. The standard InChI is InChI=1S/C20H18FN3O5/c21-15-8-4-5-9-16(15)24-11-14(10-18(24)26)20(28)29-12-17(25)22-23-19(27)13-6-2-1-3-7-13/h1-9,14H,10-12H2,(H,22,25)(H,23,27)/t14-/m0/s1. The monoisotopic (exact) mass is 399 g/mol. The van der Waals surface area contributed by atoms with E-state index in [4.69, 9.17) is 4.74 Å². The minimum Gasteiger partial charge on any atom is -0.455 e. The van der Waals surface area contributed by atoms with Gasteiger partial charge in [-0.2, -0.15) is 0 Å². The van der Waals surface area contributed by atoms with Gasteiger partial charge in [-0.1, -0.05) is 30.3 Å². The van der Waals surface area contributed by atoms with Crippen molar-refractivity contribution in [2.75, 3.05) is 18.1 Å². The predicted octanol–water partition coefficient (Wildman–Crippen LogP) is 1.18. The van der Waals surface area contributed by atoms with E-state index in [0.29, 0.717) is 5.56 Å². The first-order valence-corrected chi connectivity index (χ1v) is 8.81. The van der Waals surface area contributed by atoms with Gasteiger partial charge in [-0.05, 0) is 24.3 Å². The van der Waals surface area contributed by atoms with Gasteiger partial charge in [-0.15, -0.1) is 0 Å². The van der Waals surface area contributed by atoms with Crippen LogP contribution in [0.2, 0.25) is 0 Å². The molecule has 0 radical (unpaired) electrons. The lowest BCUT2D eigenvalue weighted by molar-refractivity contribution is -0.152. The molecule has 2 N–H and O–H groups in total. The van der Waals surface area contributed by atoms with E-state index in [1.807, 2.05) is 0 Å². The van der Waals surface area contributed by atoms with Crippen LogP contribution in [0, 0.1) is 11.7 Å². The average molecular weight is 399 g/mol. The fraction of sp³-hybridized carbons (Fsp3) is 0.200. The summed E-state index contributed by atoms with van der Waals surface area (Å²) < 4.78 is 18.8. The van der Waals surface area contributed by atoms with Crippen molar-refractivity contribution in [2.45, 2.75) is 6.42 Å². The molecular weight excluding hydrogens is 381 g/mol. The lowest BCUT2D eigenvalue weighted by Crippen LogP contribution is -2.43. The zero-order valence-electron chi connectivity index (χ0n) is 15.3. The average Bonchev–Trinajstić information content (AvgIpc) is 3.12. The number of para-hydroxylation sites is 1. The van der Waals surface area contributed by atoms with Gasteiger partial charge in [-0.3, -0.25) is 30.0 Å². The first-order valence-electron chi connectivity index (χ1n) is 8.81. The number of hydrogen-bond acceptors (Lipinski definition) is 5. The molecule has 9 heteroatoms. The lowest BCUT2D eigenvalue weighted by Gasteiger charge is -2.17. The maximum Gasteiger partial charge on any atom is 0.311 e. The van der Waals surface area contributed by atoms with Crippen LogP contribution in [0.15, 0.2) is 54.6 Å². The second-order valence-corrected chi connectivity index (χ2v) is 6.33. The van der Waals surface area contributed by atoms with E-state index in [0.717, 1.165) is 0 Å². The molecule has 0 saturated carbocycles. The summed E-state index contributed by atoms with van der Waals surface area (Å²) in [5.74, 6) is -3.79. The van der Waals surface area contributed by atoms with Crippen molar-refractivity contribution in [3.8, 4) is 0 Å². The van der Waals surface area contributed by atoms with Crippen molar-refractivity contribution in [2.24, 2.45) is 5.92 Å². The van der Waals surface area contributed by atoms with Crippen molar-refractivity contribution in [3.05, 3.63) is 66.0 Å². The van der Waals surface area contributed by atoms with E-state index in [-0.39, 0.29) is 18.7 Å². The molecule has 1 aliphatic rings. The Hall–Kier alpha value is -3.75. The van der Waals surface area contributed by atoms with Crippen LogP contribution >= 0.6 is 0 Å². The van der Waals surface area contributed by atoms with Crippen LogP contribution in [0.4, 0.5) is 10.1 Å². The molecule has 1 saturated heterocycles. The molecule has 0 aliphatic carbocycles. The number of esters is 1. The third-order valence-corrected chi connectivity index (χ3v) is 4.30. The topological polar surface area (TPSA) is 105 Å². The molecule has 1 atom stereocenters. The Morgan fingerprint density at radius 2 is 1.72 bits per heavy atom. The first kappa shape index (κ1) is 20.0. The van der Waals surface area contributed by atoms with Crippen molar-refractivity contribution in [1.29, 1.82) is 0 Å². The number of carbonyl (C=O) groups is 4. The number of carbonyl (C=O) groups excluding carboxylic acids is 4. The highest BCUT2D eigenvalue weighted by atomic mass is 19.1. The van der Waals surface area contributed by atoms with Gasteiger partial charge in [-0.25, -0.2) is 4.39 Å². The lowest BCUT2D eigenvalue weighted by atomic mass is 10.1. The Bertz CT molecular complexity index is 935. The van der Waals surface area contributed by atoms with Crippen LogP contribution in [0.25, 0.3) is 0 Å². The Morgan fingerprint density at radius 3 is 2.45 bits per heavy atom. The summed E-state index contributed by atoms with van der Waals surface area (Å²) in [7, 11) is 0. The molecule has 1 aliphatic heterocycles. The van der Waals surface area contributed by atoms with Crippen LogP contribution < -0.4 is 15.8 Å². The summed E-state index contributed by atoms with van der Waals surface area (Å²) in [5.41, 5.74) is 4.78. The van der Waals surface area contributed by atoms with Crippen molar-refractivity contribution in [1.82, 2.24) is 10.9 Å². The summed E-state index contributed by atoms with van der Waals surface area (Å²) in [5, 5.41) is 0. The number of anilines is 1. The first-order chi connectivity index (χ1) is 14.0. The van der Waals surface area contributed by atoms with Gasteiger partial charge >= 0.3 is 5.97 Å². The third-order valence-electron chi connectivity index (χ3n) is 4.30.